The Morgan fingerprint density at radius 2 is 1.76 bits per heavy atom. The highest BCUT2D eigenvalue weighted by Gasteiger charge is 2.40. The summed E-state index contributed by atoms with van der Waals surface area (Å²) >= 11 is 7.04. The third kappa shape index (κ3) is 6.78. The number of halogens is 1. The van der Waals surface area contributed by atoms with E-state index in [1.807, 2.05) is 0 Å². The number of rotatable bonds is 8. The van der Waals surface area contributed by atoms with Crippen LogP contribution in [0.1, 0.15) is 29.3 Å². The largest absolute Gasteiger partial charge is 0.508 e. The first kappa shape index (κ1) is 26.9. The number of phenolic OH excluding ortho intramolecular Hbond substituents is 1. The fourth-order valence-electron chi connectivity index (χ4n) is 3.48. The number of hydrogen-bond acceptors (Lipinski definition) is 8. The second-order valence-corrected chi connectivity index (χ2v) is 9.63. The molecule has 11 heteroatoms. The third-order valence-electron chi connectivity index (χ3n) is 5.31. The molecular formula is C27H23ClN4O5S. The van der Waals surface area contributed by atoms with Crippen molar-refractivity contribution in [2.75, 3.05) is 16.8 Å². The van der Waals surface area contributed by atoms with Crippen molar-refractivity contribution in [2.24, 2.45) is 10.2 Å². The Kier molecular flexibility index (Phi) is 8.77. The van der Waals surface area contributed by atoms with Gasteiger partial charge < -0.3 is 15.2 Å². The highest BCUT2D eigenvalue weighted by Crippen LogP contribution is 2.34. The van der Waals surface area contributed by atoms with Crippen LogP contribution in [0.4, 0.5) is 11.4 Å². The molecule has 0 radical (unpaired) electrons. The predicted molar refractivity (Wildman–Crippen MR) is 149 cm³/mol. The summed E-state index contributed by atoms with van der Waals surface area (Å²) in [5.41, 5.74) is 2.11. The molecule has 0 spiro atoms. The van der Waals surface area contributed by atoms with E-state index >= 15 is 0 Å². The van der Waals surface area contributed by atoms with E-state index in [4.69, 9.17) is 16.3 Å². The van der Waals surface area contributed by atoms with Crippen LogP contribution in [0.5, 0.6) is 5.75 Å². The van der Waals surface area contributed by atoms with Gasteiger partial charge in [0, 0.05) is 17.1 Å². The zero-order valence-corrected chi connectivity index (χ0v) is 21.8. The molecule has 38 heavy (non-hydrogen) atoms. The van der Waals surface area contributed by atoms with Gasteiger partial charge in [0.25, 0.3) is 0 Å². The van der Waals surface area contributed by atoms with Crippen LogP contribution >= 0.6 is 23.4 Å². The number of esters is 1. The lowest BCUT2D eigenvalue weighted by Gasteiger charge is -2.16. The van der Waals surface area contributed by atoms with E-state index in [0.29, 0.717) is 27.1 Å². The summed E-state index contributed by atoms with van der Waals surface area (Å²) in [6.07, 6.45) is 1.42. The fraction of sp³-hybridized carbons (Fsp3) is 0.148. The van der Waals surface area contributed by atoms with E-state index in [1.54, 1.807) is 67.6 Å². The number of anilines is 2. The lowest BCUT2D eigenvalue weighted by Crippen LogP contribution is -2.33. The van der Waals surface area contributed by atoms with Gasteiger partial charge in [0.2, 0.25) is 11.8 Å². The zero-order valence-electron chi connectivity index (χ0n) is 20.2. The van der Waals surface area contributed by atoms with E-state index < -0.39 is 11.2 Å². The number of hydrogen-bond donors (Lipinski definition) is 2. The molecule has 1 aliphatic rings. The molecule has 0 saturated carbocycles. The van der Waals surface area contributed by atoms with Crippen LogP contribution in [0.15, 0.2) is 83.0 Å². The molecule has 3 aromatic rings. The molecule has 2 N–H and O–H groups in total. The normalized spacial score (nSPS) is 16.3. The minimum atomic E-state index is -0.743. The van der Waals surface area contributed by atoms with Crippen LogP contribution in [0.2, 0.25) is 5.02 Å². The van der Waals surface area contributed by atoms with Crippen molar-refractivity contribution in [3.8, 4) is 5.75 Å². The van der Waals surface area contributed by atoms with Crippen molar-refractivity contribution in [3.63, 3.8) is 0 Å². The summed E-state index contributed by atoms with van der Waals surface area (Å²) in [6.45, 7) is 1.99. The molecule has 1 fully saturated rings. The van der Waals surface area contributed by atoms with Crippen LogP contribution in [0.3, 0.4) is 0 Å². The van der Waals surface area contributed by atoms with Crippen molar-refractivity contribution < 1.29 is 24.2 Å². The van der Waals surface area contributed by atoms with E-state index in [-0.39, 0.29) is 30.6 Å². The number of ether oxygens (including phenoxy) is 1. The van der Waals surface area contributed by atoms with Gasteiger partial charge in [0.1, 0.15) is 11.0 Å². The van der Waals surface area contributed by atoms with Gasteiger partial charge in [0.15, 0.2) is 5.17 Å². The highest BCUT2D eigenvalue weighted by atomic mass is 35.5. The second kappa shape index (κ2) is 12.4. The number of carbonyl (C=O) groups excluding carboxylic acids is 3. The van der Waals surface area contributed by atoms with Crippen LogP contribution in [-0.4, -0.2) is 46.1 Å². The van der Waals surface area contributed by atoms with Crippen LogP contribution in [0, 0.1) is 0 Å². The number of phenols is 1. The molecule has 1 atom stereocenters. The topological polar surface area (TPSA) is 121 Å². The molecule has 0 aliphatic carbocycles. The summed E-state index contributed by atoms with van der Waals surface area (Å²) in [5, 5.41) is 20.9. The standard InChI is InChI=1S/C27H23ClN4O5S/c1-2-37-26(36)18-5-9-20(10-6-18)30-24(34)15-23-25(35)32(21-11-13-22(33)14-12-21)27(38-23)31-29-16-17-3-7-19(28)8-4-17/h3-14,16,23,33H,2,15H2,1H3,(H,30,34). The van der Waals surface area contributed by atoms with E-state index in [1.165, 1.54) is 23.2 Å². The molecule has 9 nitrogen and oxygen atoms in total. The molecule has 0 bridgehead atoms. The Balaban J connectivity index is 1.48. The highest BCUT2D eigenvalue weighted by molar-refractivity contribution is 8.16. The number of amidine groups is 1. The van der Waals surface area contributed by atoms with E-state index in [2.05, 4.69) is 15.5 Å². The molecule has 4 rings (SSSR count). The van der Waals surface area contributed by atoms with Gasteiger partial charge in [-0.25, -0.2) is 4.79 Å². The minimum absolute atomic E-state index is 0.0530. The number of amides is 2. The quantitative estimate of drug-likeness (QED) is 0.229. The van der Waals surface area contributed by atoms with Crippen LogP contribution in [-0.2, 0) is 14.3 Å². The molecule has 1 aliphatic heterocycles. The Hall–Kier alpha value is -4.15. The molecule has 1 unspecified atom stereocenters. The van der Waals surface area contributed by atoms with Gasteiger partial charge in [-0.1, -0.05) is 35.5 Å². The van der Waals surface area contributed by atoms with E-state index in [9.17, 15) is 19.5 Å². The number of carbonyl (C=O) groups is 3. The van der Waals surface area contributed by atoms with Crippen molar-refractivity contribution in [1.29, 1.82) is 0 Å². The molecule has 1 saturated heterocycles. The van der Waals surface area contributed by atoms with E-state index in [0.717, 1.165) is 17.3 Å². The van der Waals surface area contributed by atoms with Crippen molar-refractivity contribution in [2.45, 2.75) is 18.6 Å². The van der Waals surface area contributed by atoms with Gasteiger partial charge >= 0.3 is 5.97 Å². The molecule has 194 valence electrons. The lowest BCUT2D eigenvalue weighted by atomic mass is 10.2. The molecule has 0 aromatic heterocycles. The SMILES string of the molecule is CCOC(=O)c1ccc(NC(=O)CC2SC(=NN=Cc3ccc(Cl)cc3)N(c3ccc(O)cc3)C2=O)cc1. The first-order chi connectivity index (χ1) is 18.3. The number of nitrogens with zero attached hydrogens (tertiary/aromatic N) is 3. The number of aromatic hydroxyl groups is 1. The van der Waals surface area contributed by atoms with Crippen molar-refractivity contribution in [3.05, 3.63) is 88.9 Å². The van der Waals surface area contributed by atoms with Crippen LogP contribution < -0.4 is 10.2 Å². The third-order valence-corrected chi connectivity index (χ3v) is 6.69. The Labute approximate surface area is 228 Å². The minimum Gasteiger partial charge on any atom is -0.508 e. The zero-order chi connectivity index (χ0) is 27.1. The molecular weight excluding hydrogens is 528 g/mol. The maximum atomic E-state index is 13.3. The van der Waals surface area contributed by atoms with Gasteiger partial charge in [-0.3, -0.25) is 14.5 Å². The Morgan fingerprint density at radius 3 is 2.42 bits per heavy atom. The van der Waals surface area contributed by atoms with Gasteiger partial charge in [0.05, 0.1) is 24.1 Å². The average molecular weight is 551 g/mol. The maximum Gasteiger partial charge on any atom is 0.338 e. The monoisotopic (exact) mass is 550 g/mol. The van der Waals surface area contributed by atoms with Crippen molar-refractivity contribution in [1.82, 2.24) is 0 Å². The summed E-state index contributed by atoms with van der Waals surface area (Å²) < 4.78 is 4.96. The molecule has 1 heterocycles. The number of nitrogens with one attached hydrogen (secondary N) is 1. The number of benzene rings is 3. The second-order valence-electron chi connectivity index (χ2n) is 8.03. The Morgan fingerprint density at radius 1 is 1.08 bits per heavy atom. The summed E-state index contributed by atoms with van der Waals surface area (Å²) in [5.74, 6) is -1.11. The summed E-state index contributed by atoms with van der Waals surface area (Å²) in [4.78, 5) is 39.2. The van der Waals surface area contributed by atoms with Crippen LogP contribution in [0.25, 0.3) is 0 Å². The number of thioether (sulfide) groups is 1. The summed E-state index contributed by atoms with van der Waals surface area (Å²) in [6, 6.07) is 19.4. The summed E-state index contributed by atoms with van der Waals surface area (Å²) in [7, 11) is 0. The Bertz CT molecular complexity index is 1380. The fourth-order valence-corrected chi connectivity index (χ4v) is 4.70. The predicted octanol–water partition coefficient (Wildman–Crippen LogP) is 5.09. The molecule has 2 amide bonds. The maximum absolute atomic E-state index is 13.3. The van der Waals surface area contributed by atoms with Gasteiger partial charge in [-0.05, 0) is 73.2 Å². The van der Waals surface area contributed by atoms with Gasteiger partial charge in [-0.15, -0.1) is 5.10 Å². The average Bonchev–Trinajstić information content (AvgIpc) is 3.20. The van der Waals surface area contributed by atoms with Crippen molar-refractivity contribution >= 4 is 63.9 Å². The molecule has 3 aromatic carbocycles. The first-order valence-corrected chi connectivity index (χ1v) is 12.8. The lowest BCUT2D eigenvalue weighted by molar-refractivity contribution is -0.121. The van der Waals surface area contributed by atoms with Gasteiger partial charge in [-0.2, -0.15) is 5.10 Å². The first-order valence-electron chi connectivity index (χ1n) is 11.6. The smallest absolute Gasteiger partial charge is 0.338 e.